The van der Waals surface area contributed by atoms with Crippen molar-refractivity contribution < 1.29 is 13.9 Å². The van der Waals surface area contributed by atoms with Gasteiger partial charge in [0.2, 0.25) is 5.89 Å². The van der Waals surface area contributed by atoms with Crippen LogP contribution in [0.1, 0.15) is 21.7 Å². The lowest BCUT2D eigenvalue weighted by Gasteiger charge is -2.08. The predicted molar refractivity (Wildman–Crippen MR) is 120 cm³/mol. The molecule has 5 aromatic rings. The second kappa shape index (κ2) is 8.11. The van der Waals surface area contributed by atoms with Crippen molar-refractivity contribution >= 4 is 17.0 Å². The second-order valence-electron chi connectivity index (χ2n) is 7.41. The molecule has 0 unspecified atom stereocenters. The molecule has 3 aromatic heterocycles. The SMILES string of the molecule is Cc1nn(C)c2nc(-c3ccccc3)cc(C(=O)OCc3coc(-c4ccccc4)n3)c12. The summed E-state index contributed by atoms with van der Waals surface area (Å²) in [7, 11) is 1.81. The van der Waals surface area contributed by atoms with E-state index < -0.39 is 5.97 Å². The molecule has 158 valence electrons. The number of benzene rings is 2. The third-order valence-electron chi connectivity index (χ3n) is 5.18. The summed E-state index contributed by atoms with van der Waals surface area (Å²) in [4.78, 5) is 22.3. The fourth-order valence-electron chi connectivity index (χ4n) is 3.67. The molecule has 7 heteroatoms. The lowest BCUT2D eigenvalue weighted by atomic mass is 10.1. The Bertz CT molecular complexity index is 1410. The normalized spacial score (nSPS) is 11.1. The Kier molecular flexibility index (Phi) is 4.99. The van der Waals surface area contributed by atoms with Crippen molar-refractivity contribution in [3.63, 3.8) is 0 Å². The maximum Gasteiger partial charge on any atom is 0.339 e. The molecule has 0 fully saturated rings. The van der Waals surface area contributed by atoms with Crippen LogP contribution in [-0.4, -0.2) is 25.7 Å². The topological polar surface area (TPSA) is 83.0 Å². The summed E-state index contributed by atoms with van der Waals surface area (Å²) in [5.41, 5.74) is 4.75. The summed E-state index contributed by atoms with van der Waals surface area (Å²) in [5.74, 6) is 0.0207. The summed E-state index contributed by atoms with van der Waals surface area (Å²) in [6, 6.07) is 21.0. The van der Waals surface area contributed by atoms with Crippen LogP contribution in [0, 0.1) is 6.92 Å². The molecule has 0 N–H and O–H groups in total. The van der Waals surface area contributed by atoms with Gasteiger partial charge in [-0.25, -0.2) is 14.8 Å². The van der Waals surface area contributed by atoms with Crippen molar-refractivity contribution in [1.82, 2.24) is 19.7 Å². The molecule has 0 atom stereocenters. The highest BCUT2D eigenvalue weighted by atomic mass is 16.5. The molecule has 0 amide bonds. The molecule has 0 radical (unpaired) electrons. The fourth-order valence-corrected chi connectivity index (χ4v) is 3.67. The number of rotatable bonds is 5. The lowest BCUT2D eigenvalue weighted by molar-refractivity contribution is 0.0470. The van der Waals surface area contributed by atoms with Crippen LogP contribution in [-0.2, 0) is 18.4 Å². The maximum atomic E-state index is 13.1. The average molecular weight is 424 g/mol. The van der Waals surface area contributed by atoms with E-state index in [1.807, 2.05) is 74.6 Å². The van der Waals surface area contributed by atoms with Gasteiger partial charge < -0.3 is 9.15 Å². The molecule has 0 aliphatic carbocycles. The molecule has 0 saturated heterocycles. The minimum atomic E-state index is -0.463. The van der Waals surface area contributed by atoms with Gasteiger partial charge in [0.1, 0.15) is 18.6 Å². The van der Waals surface area contributed by atoms with E-state index in [2.05, 4.69) is 10.1 Å². The van der Waals surface area contributed by atoms with Gasteiger partial charge in [-0.2, -0.15) is 5.10 Å². The van der Waals surface area contributed by atoms with Crippen LogP contribution in [0.15, 0.2) is 77.4 Å². The van der Waals surface area contributed by atoms with Crippen molar-refractivity contribution in [3.05, 3.63) is 89.9 Å². The number of oxazole rings is 1. The van der Waals surface area contributed by atoms with Crippen molar-refractivity contribution in [3.8, 4) is 22.7 Å². The van der Waals surface area contributed by atoms with Crippen LogP contribution in [0.5, 0.6) is 0 Å². The first kappa shape index (κ1) is 19.7. The van der Waals surface area contributed by atoms with Crippen LogP contribution in [0.2, 0.25) is 0 Å². The van der Waals surface area contributed by atoms with E-state index in [-0.39, 0.29) is 6.61 Å². The zero-order valence-electron chi connectivity index (χ0n) is 17.6. The summed E-state index contributed by atoms with van der Waals surface area (Å²) >= 11 is 0. The predicted octanol–water partition coefficient (Wildman–Crippen LogP) is 4.96. The molecule has 32 heavy (non-hydrogen) atoms. The largest absolute Gasteiger partial charge is 0.455 e. The minimum absolute atomic E-state index is 0.00103. The van der Waals surface area contributed by atoms with Crippen LogP contribution in [0.4, 0.5) is 0 Å². The number of pyridine rings is 1. The number of hydrogen-bond acceptors (Lipinski definition) is 6. The molecule has 0 aliphatic heterocycles. The number of carbonyl (C=O) groups is 1. The summed E-state index contributed by atoms with van der Waals surface area (Å²) in [6.45, 7) is 1.85. The van der Waals surface area contributed by atoms with Crippen molar-refractivity contribution in [2.24, 2.45) is 7.05 Å². The molecule has 0 spiro atoms. The number of aromatic nitrogens is 4. The number of nitrogens with zero attached hydrogens (tertiary/aromatic N) is 4. The van der Waals surface area contributed by atoms with Gasteiger partial charge in [-0.3, -0.25) is 4.68 Å². The Morgan fingerprint density at radius 2 is 1.69 bits per heavy atom. The van der Waals surface area contributed by atoms with Crippen LogP contribution in [0.25, 0.3) is 33.7 Å². The summed E-state index contributed by atoms with van der Waals surface area (Å²) < 4.78 is 12.8. The second-order valence-corrected chi connectivity index (χ2v) is 7.41. The third kappa shape index (κ3) is 3.65. The maximum absolute atomic E-state index is 13.1. The van der Waals surface area contributed by atoms with Crippen LogP contribution < -0.4 is 0 Å². The Morgan fingerprint density at radius 1 is 1.00 bits per heavy atom. The molecule has 7 nitrogen and oxygen atoms in total. The Labute approximate surface area is 184 Å². The monoisotopic (exact) mass is 424 g/mol. The number of carbonyl (C=O) groups excluding carboxylic acids is 1. The Balaban J connectivity index is 1.45. The molecule has 0 bridgehead atoms. The number of fused-ring (bicyclic) bond motifs is 1. The van der Waals surface area contributed by atoms with Gasteiger partial charge in [0.25, 0.3) is 0 Å². The minimum Gasteiger partial charge on any atom is -0.455 e. The molecule has 5 rings (SSSR count). The molecular weight excluding hydrogens is 404 g/mol. The molecule has 2 aromatic carbocycles. The number of esters is 1. The van der Waals surface area contributed by atoms with Gasteiger partial charge in [0.15, 0.2) is 5.65 Å². The Hall–Kier alpha value is -4.26. The molecule has 0 saturated carbocycles. The standard InChI is InChI=1S/C25H20N4O3/c1-16-22-20(13-21(17-9-5-3-6-10-17)27-23(22)29(2)28-16)25(30)32-15-19-14-31-24(26-19)18-11-7-4-8-12-18/h3-14H,15H2,1-2H3. The van der Waals surface area contributed by atoms with Gasteiger partial charge >= 0.3 is 5.97 Å². The van der Waals surface area contributed by atoms with Crippen LogP contribution in [0.3, 0.4) is 0 Å². The molecular formula is C25H20N4O3. The number of hydrogen-bond donors (Lipinski definition) is 0. The first-order valence-electron chi connectivity index (χ1n) is 10.2. The number of aryl methyl sites for hydroxylation is 2. The van der Waals surface area contributed by atoms with E-state index >= 15 is 0 Å². The smallest absolute Gasteiger partial charge is 0.339 e. The highest BCUT2D eigenvalue weighted by molar-refractivity contribution is 6.05. The van der Waals surface area contributed by atoms with E-state index in [9.17, 15) is 4.79 Å². The van der Waals surface area contributed by atoms with Crippen LogP contribution >= 0.6 is 0 Å². The van der Waals surface area contributed by atoms with Gasteiger partial charge in [0.05, 0.1) is 22.3 Å². The lowest BCUT2D eigenvalue weighted by Crippen LogP contribution is -2.08. The van der Waals surface area contributed by atoms with Gasteiger partial charge in [0, 0.05) is 18.2 Å². The molecule has 3 heterocycles. The van der Waals surface area contributed by atoms with Crippen molar-refractivity contribution in [1.29, 1.82) is 0 Å². The highest BCUT2D eigenvalue weighted by Gasteiger charge is 2.21. The molecule has 0 aliphatic rings. The zero-order valence-corrected chi connectivity index (χ0v) is 17.6. The van der Waals surface area contributed by atoms with Crippen molar-refractivity contribution in [2.45, 2.75) is 13.5 Å². The van der Waals surface area contributed by atoms with E-state index in [1.54, 1.807) is 10.7 Å². The van der Waals surface area contributed by atoms with Gasteiger partial charge in [-0.1, -0.05) is 48.5 Å². The highest BCUT2D eigenvalue weighted by Crippen LogP contribution is 2.27. The van der Waals surface area contributed by atoms with E-state index in [4.69, 9.17) is 14.1 Å². The third-order valence-corrected chi connectivity index (χ3v) is 5.18. The fraction of sp³-hybridized carbons (Fsp3) is 0.120. The van der Waals surface area contributed by atoms with Gasteiger partial charge in [-0.15, -0.1) is 0 Å². The Morgan fingerprint density at radius 3 is 2.41 bits per heavy atom. The average Bonchev–Trinajstić information content (AvgIpc) is 3.42. The van der Waals surface area contributed by atoms with E-state index in [0.29, 0.717) is 33.9 Å². The summed E-state index contributed by atoms with van der Waals surface area (Å²) in [5, 5.41) is 5.12. The summed E-state index contributed by atoms with van der Waals surface area (Å²) in [6.07, 6.45) is 1.50. The van der Waals surface area contributed by atoms with Gasteiger partial charge in [-0.05, 0) is 25.1 Å². The van der Waals surface area contributed by atoms with Crippen molar-refractivity contribution in [2.75, 3.05) is 0 Å². The quantitative estimate of drug-likeness (QED) is 0.371. The number of ether oxygens (including phenoxy) is 1. The first-order valence-corrected chi connectivity index (χ1v) is 10.2. The zero-order chi connectivity index (χ0) is 22.1. The van der Waals surface area contributed by atoms with E-state index in [1.165, 1.54) is 6.26 Å². The van der Waals surface area contributed by atoms with E-state index in [0.717, 1.165) is 16.8 Å². The first-order chi connectivity index (χ1) is 15.6.